The molecule has 0 aliphatic rings. The van der Waals surface area contributed by atoms with E-state index in [1.165, 1.54) is 18.3 Å². The molecule has 0 saturated heterocycles. The fourth-order valence-corrected chi connectivity index (χ4v) is 1.55. The van der Waals surface area contributed by atoms with Crippen molar-refractivity contribution >= 4 is 17.4 Å². The molecule has 20 heavy (non-hydrogen) atoms. The fraction of sp³-hybridized carbons (Fsp3) is 0.167. The van der Waals surface area contributed by atoms with Crippen molar-refractivity contribution in [2.75, 3.05) is 5.32 Å². The summed E-state index contributed by atoms with van der Waals surface area (Å²) in [6, 6.07) is 5.52. The Balaban J connectivity index is 2.01. The van der Waals surface area contributed by atoms with Crippen LogP contribution in [0, 0.1) is 22.9 Å². The van der Waals surface area contributed by atoms with E-state index in [-0.39, 0.29) is 12.4 Å². The van der Waals surface area contributed by atoms with E-state index in [0.717, 1.165) is 4.68 Å². The largest absolute Gasteiger partial charge is 0.389 e. The second-order valence-electron chi connectivity index (χ2n) is 4.14. The fourth-order valence-electron chi connectivity index (χ4n) is 1.55. The van der Waals surface area contributed by atoms with E-state index < -0.39 is 16.6 Å². The molecule has 0 radical (unpaired) electrons. The molecule has 0 bridgehead atoms. The molecule has 7 nitrogen and oxygen atoms in total. The Morgan fingerprint density at radius 3 is 2.85 bits per heavy atom. The second-order valence-corrected chi connectivity index (χ2v) is 4.14. The van der Waals surface area contributed by atoms with Crippen LogP contribution in [0.5, 0.6) is 0 Å². The Kier molecular flexibility index (Phi) is 3.74. The average Bonchev–Trinajstić information content (AvgIpc) is 2.82. The Bertz CT molecular complexity index is 668. The molecule has 0 aliphatic heterocycles. The van der Waals surface area contributed by atoms with Gasteiger partial charge in [-0.05, 0) is 29.5 Å². The van der Waals surface area contributed by atoms with Crippen molar-refractivity contribution in [1.82, 2.24) is 9.78 Å². The number of carbonyl (C=O) groups excluding carboxylic acids is 1. The van der Waals surface area contributed by atoms with Crippen LogP contribution in [0.1, 0.15) is 5.56 Å². The number of aryl methyl sites for hydroxylation is 1. The van der Waals surface area contributed by atoms with Gasteiger partial charge < -0.3 is 15.4 Å². The van der Waals surface area contributed by atoms with Gasteiger partial charge in [-0.3, -0.25) is 4.79 Å². The highest BCUT2D eigenvalue weighted by molar-refractivity contribution is 5.90. The Morgan fingerprint density at radius 2 is 2.25 bits per heavy atom. The molecule has 104 valence electrons. The maximum Gasteiger partial charge on any atom is 0.389 e. The number of halogens is 1. The molecule has 0 aliphatic carbocycles. The monoisotopic (exact) mass is 278 g/mol. The number of nitro groups is 1. The number of carbonyl (C=O) groups is 1. The van der Waals surface area contributed by atoms with Gasteiger partial charge in [-0.2, -0.15) is 4.68 Å². The van der Waals surface area contributed by atoms with Crippen molar-refractivity contribution in [3.8, 4) is 0 Å². The van der Waals surface area contributed by atoms with Crippen molar-refractivity contribution in [1.29, 1.82) is 0 Å². The zero-order valence-electron chi connectivity index (χ0n) is 10.5. The average molecular weight is 278 g/mol. The summed E-state index contributed by atoms with van der Waals surface area (Å²) in [6.07, 6.45) is 1.33. The van der Waals surface area contributed by atoms with E-state index in [1.54, 1.807) is 19.1 Å². The van der Waals surface area contributed by atoms with E-state index in [4.69, 9.17) is 0 Å². The molecule has 0 fully saturated rings. The maximum atomic E-state index is 13.3. The van der Waals surface area contributed by atoms with Crippen molar-refractivity contribution in [2.24, 2.45) is 0 Å². The van der Waals surface area contributed by atoms with Gasteiger partial charge in [0, 0.05) is 5.69 Å². The van der Waals surface area contributed by atoms with Crippen LogP contribution in [0.2, 0.25) is 0 Å². The summed E-state index contributed by atoms with van der Waals surface area (Å²) in [5, 5.41) is 16.5. The number of amides is 1. The molecule has 0 unspecified atom stereocenters. The van der Waals surface area contributed by atoms with E-state index in [9.17, 15) is 19.3 Å². The van der Waals surface area contributed by atoms with Crippen LogP contribution in [0.4, 0.5) is 15.9 Å². The van der Waals surface area contributed by atoms with Gasteiger partial charge in [-0.25, -0.2) is 4.39 Å². The molecule has 2 aromatic rings. The lowest BCUT2D eigenvalue weighted by atomic mass is 10.2. The molecule has 0 atom stereocenters. The molecular formula is C12H11FN4O3. The predicted molar refractivity (Wildman–Crippen MR) is 68.6 cm³/mol. The number of nitrogens with zero attached hydrogens (tertiary/aromatic N) is 3. The van der Waals surface area contributed by atoms with E-state index >= 15 is 0 Å². The Morgan fingerprint density at radius 1 is 1.50 bits per heavy atom. The molecule has 2 rings (SSSR count). The number of aromatic nitrogens is 2. The number of hydrogen-bond acceptors (Lipinski definition) is 4. The van der Waals surface area contributed by atoms with Crippen molar-refractivity contribution in [3.63, 3.8) is 0 Å². The maximum absolute atomic E-state index is 13.3. The molecule has 1 aromatic carbocycles. The Hall–Kier alpha value is -2.77. The minimum atomic E-state index is -0.649. The van der Waals surface area contributed by atoms with Crippen molar-refractivity contribution in [2.45, 2.75) is 13.5 Å². The second kappa shape index (κ2) is 5.47. The lowest BCUT2D eigenvalue weighted by Crippen LogP contribution is -2.19. The van der Waals surface area contributed by atoms with Crippen LogP contribution in [0.3, 0.4) is 0 Å². The molecule has 1 amide bonds. The first-order valence-corrected chi connectivity index (χ1v) is 5.69. The third kappa shape index (κ3) is 3.16. The molecule has 1 N–H and O–H groups in total. The van der Waals surface area contributed by atoms with Crippen LogP contribution in [-0.2, 0) is 11.3 Å². The molecule has 0 spiro atoms. The topological polar surface area (TPSA) is 90.1 Å². The van der Waals surface area contributed by atoms with Gasteiger partial charge in [0.05, 0.1) is 17.4 Å². The van der Waals surface area contributed by atoms with E-state index in [1.807, 2.05) is 0 Å². The lowest BCUT2D eigenvalue weighted by molar-refractivity contribution is -0.389. The zero-order chi connectivity index (χ0) is 14.7. The first kappa shape index (κ1) is 13.7. The van der Waals surface area contributed by atoms with Gasteiger partial charge in [0.25, 0.3) is 0 Å². The van der Waals surface area contributed by atoms with Gasteiger partial charge in [-0.1, -0.05) is 6.07 Å². The number of rotatable bonds is 4. The van der Waals surface area contributed by atoms with Crippen LogP contribution >= 0.6 is 0 Å². The summed E-state index contributed by atoms with van der Waals surface area (Å²) >= 11 is 0. The summed E-state index contributed by atoms with van der Waals surface area (Å²) in [6.45, 7) is 1.42. The van der Waals surface area contributed by atoms with E-state index in [2.05, 4.69) is 10.4 Å². The highest BCUT2D eigenvalue weighted by Crippen LogP contribution is 2.13. The van der Waals surface area contributed by atoms with Gasteiger partial charge in [0.15, 0.2) is 0 Å². The van der Waals surface area contributed by atoms with Crippen LogP contribution in [-0.4, -0.2) is 20.6 Å². The SMILES string of the molecule is Cc1ccc(NC(=O)Cn2ccc([N+](=O)[O-])n2)cc1F. The number of hydrogen-bond donors (Lipinski definition) is 1. The van der Waals surface area contributed by atoms with Gasteiger partial charge in [0.2, 0.25) is 5.91 Å². The molecule has 8 heteroatoms. The van der Waals surface area contributed by atoms with Crippen LogP contribution < -0.4 is 5.32 Å². The standard InChI is InChI=1S/C12H11FN4O3/c1-8-2-3-9(6-10(8)13)14-12(18)7-16-5-4-11(15-16)17(19)20/h2-6H,7H2,1H3,(H,14,18). The highest BCUT2D eigenvalue weighted by atomic mass is 19.1. The predicted octanol–water partition coefficient (Wildman–Crippen LogP) is 1.88. The third-order valence-electron chi connectivity index (χ3n) is 2.57. The van der Waals surface area contributed by atoms with Gasteiger partial charge in [-0.15, -0.1) is 0 Å². The summed E-state index contributed by atoms with van der Waals surface area (Å²) in [4.78, 5) is 21.5. The minimum Gasteiger partial charge on any atom is -0.358 e. The Labute approximate surface area is 113 Å². The lowest BCUT2D eigenvalue weighted by Gasteiger charge is -2.05. The summed E-state index contributed by atoms with van der Waals surface area (Å²) in [7, 11) is 0. The summed E-state index contributed by atoms with van der Waals surface area (Å²) < 4.78 is 14.4. The molecule has 1 aromatic heterocycles. The number of benzene rings is 1. The number of anilines is 1. The molecular weight excluding hydrogens is 267 g/mol. The molecule has 0 saturated carbocycles. The number of nitrogens with one attached hydrogen (secondary N) is 1. The first-order valence-electron chi connectivity index (χ1n) is 5.69. The zero-order valence-corrected chi connectivity index (χ0v) is 10.5. The summed E-state index contributed by atoms with van der Waals surface area (Å²) in [5.41, 5.74) is 0.797. The smallest absolute Gasteiger partial charge is 0.358 e. The normalized spacial score (nSPS) is 10.3. The van der Waals surface area contributed by atoms with Crippen LogP contribution in [0.25, 0.3) is 0 Å². The van der Waals surface area contributed by atoms with Gasteiger partial charge in [0.1, 0.15) is 12.4 Å². The third-order valence-corrected chi connectivity index (χ3v) is 2.57. The highest BCUT2D eigenvalue weighted by Gasteiger charge is 2.13. The van der Waals surface area contributed by atoms with E-state index in [0.29, 0.717) is 11.3 Å². The first-order chi connectivity index (χ1) is 9.45. The molecule has 1 heterocycles. The van der Waals surface area contributed by atoms with Gasteiger partial charge >= 0.3 is 5.82 Å². The van der Waals surface area contributed by atoms with Crippen molar-refractivity contribution < 1.29 is 14.1 Å². The summed E-state index contributed by atoms with van der Waals surface area (Å²) in [5.74, 6) is -1.21. The van der Waals surface area contributed by atoms with Crippen molar-refractivity contribution in [3.05, 3.63) is 52.0 Å². The quantitative estimate of drug-likeness (QED) is 0.683. The minimum absolute atomic E-state index is 0.191. The van der Waals surface area contributed by atoms with Crippen LogP contribution in [0.15, 0.2) is 30.5 Å².